The number of hydrogen-bond donors (Lipinski definition) is 2. The summed E-state index contributed by atoms with van der Waals surface area (Å²) < 4.78 is 3.90. The highest BCUT2D eigenvalue weighted by Crippen LogP contribution is 2.43. The second-order valence-electron chi connectivity index (χ2n) is 11.3. The first-order chi connectivity index (χ1) is 16.2. The summed E-state index contributed by atoms with van der Waals surface area (Å²) in [5.74, 6) is 1.51. The van der Waals surface area contributed by atoms with Crippen molar-refractivity contribution in [1.29, 1.82) is 0 Å². The van der Waals surface area contributed by atoms with Gasteiger partial charge in [-0.25, -0.2) is 0 Å². The van der Waals surface area contributed by atoms with Gasteiger partial charge in [0.15, 0.2) is 0 Å². The first-order valence-corrected chi connectivity index (χ1v) is 14.8. The summed E-state index contributed by atoms with van der Waals surface area (Å²) in [5, 5.41) is 5.45. The zero-order valence-electron chi connectivity index (χ0n) is 21.2. The van der Waals surface area contributed by atoms with Crippen molar-refractivity contribution in [2.24, 2.45) is 11.7 Å². The van der Waals surface area contributed by atoms with E-state index in [-0.39, 0.29) is 24.8 Å². The molecule has 198 valence electrons. The van der Waals surface area contributed by atoms with Gasteiger partial charge in [0.05, 0.1) is 0 Å². The Kier molecular flexibility index (Phi) is 11.8. The van der Waals surface area contributed by atoms with Gasteiger partial charge in [0.2, 0.25) is 0 Å². The van der Waals surface area contributed by atoms with Crippen LogP contribution in [-0.4, -0.2) is 23.2 Å². The van der Waals surface area contributed by atoms with Gasteiger partial charge in [0.25, 0.3) is 0 Å². The van der Waals surface area contributed by atoms with E-state index in [0.29, 0.717) is 24.0 Å². The van der Waals surface area contributed by atoms with Crippen molar-refractivity contribution >= 4 is 51.6 Å². The van der Waals surface area contributed by atoms with Crippen LogP contribution in [0.4, 0.5) is 0 Å². The number of aromatic nitrogens is 1. The zero-order valence-corrected chi connectivity index (χ0v) is 24.4. The van der Waals surface area contributed by atoms with E-state index in [1.54, 1.807) is 5.56 Å². The number of halogens is 3. The average molecular weight is 588 g/mol. The van der Waals surface area contributed by atoms with Crippen LogP contribution in [0.25, 0.3) is 10.9 Å². The first-order valence-electron chi connectivity index (χ1n) is 14.0. The predicted octanol–water partition coefficient (Wildman–Crippen LogP) is 8.67. The molecule has 1 heterocycles. The Morgan fingerprint density at radius 1 is 0.886 bits per heavy atom. The minimum Gasteiger partial charge on any atom is -0.344 e. The van der Waals surface area contributed by atoms with Gasteiger partial charge in [0.1, 0.15) is 0 Å². The van der Waals surface area contributed by atoms with Gasteiger partial charge in [-0.2, -0.15) is 0 Å². The molecule has 35 heavy (non-hydrogen) atoms. The highest BCUT2D eigenvalue weighted by Gasteiger charge is 2.29. The van der Waals surface area contributed by atoms with Crippen molar-refractivity contribution in [3.8, 4) is 0 Å². The molecule has 0 aliphatic heterocycles. The van der Waals surface area contributed by atoms with Crippen molar-refractivity contribution in [2.75, 3.05) is 6.54 Å². The highest BCUT2D eigenvalue weighted by molar-refractivity contribution is 9.10. The highest BCUT2D eigenvalue weighted by atomic mass is 79.9. The lowest BCUT2D eigenvalue weighted by Crippen LogP contribution is -2.38. The van der Waals surface area contributed by atoms with E-state index >= 15 is 0 Å². The van der Waals surface area contributed by atoms with E-state index in [2.05, 4.69) is 50.2 Å². The number of nitrogens with one attached hydrogen (secondary N) is 1. The van der Waals surface area contributed by atoms with Gasteiger partial charge in [0, 0.05) is 39.7 Å². The molecular weight excluding hydrogens is 541 g/mol. The third-order valence-corrected chi connectivity index (χ3v) is 9.57. The fraction of sp³-hybridized carbons (Fsp3) is 0.724. The van der Waals surface area contributed by atoms with Gasteiger partial charge < -0.3 is 15.6 Å². The molecule has 3 N–H and O–H groups in total. The number of rotatable bonds is 7. The van der Waals surface area contributed by atoms with Crippen LogP contribution in [0.1, 0.15) is 114 Å². The Labute approximate surface area is 233 Å². The van der Waals surface area contributed by atoms with Gasteiger partial charge in [-0.1, -0.05) is 54.5 Å². The second-order valence-corrected chi connectivity index (χ2v) is 12.2. The largest absolute Gasteiger partial charge is 0.344 e. The maximum Gasteiger partial charge on any atom is 0.0486 e. The zero-order chi connectivity index (χ0) is 22.6. The van der Waals surface area contributed by atoms with Crippen LogP contribution in [0.15, 0.2) is 28.9 Å². The number of nitrogens with two attached hydrogens (primary N) is 1. The molecule has 0 spiro atoms. The monoisotopic (exact) mass is 585 g/mol. The molecule has 3 saturated carbocycles. The molecule has 3 fully saturated rings. The molecule has 1 aromatic carbocycles. The maximum atomic E-state index is 6.14. The average Bonchev–Trinajstić information content (AvgIpc) is 3.22. The Balaban J connectivity index is 0.00000171. The van der Waals surface area contributed by atoms with Gasteiger partial charge in [-0.3, -0.25) is 0 Å². The topological polar surface area (TPSA) is 43.0 Å². The van der Waals surface area contributed by atoms with Crippen LogP contribution in [-0.2, 0) is 0 Å². The number of fused-ring (bicyclic) bond motifs is 1. The fourth-order valence-corrected chi connectivity index (χ4v) is 7.52. The normalized spacial score (nSPS) is 25.1. The van der Waals surface area contributed by atoms with E-state index in [1.165, 1.54) is 112 Å². The van der Waals surface area contributed by atoms with Gasteiger partial charge in [-0.05, 0) is 99.9 Å². The molecule has 3 nitrogen and oxygen atoms in total. The maximum absolute atomic E-state index is 6.14. The molecule has 0 radical (unpaired) electrons. The van der Waals surface area contributed by atoms with Gasteiger partial charge in [-0.15, -0.1) is 24.8 Å². The van der Waals surface area contributed by atoms with E-state index < -0.39 is 0 Å². The molecule has 3 aliphatic rings. The molecule has 0 bridgehead atoms. The number of nitrogens with zero attached hydrogens (tertiary/aromatic N) is 1. The molecule has 6 heteroatoms. The fourth-order valence-electron chi connectivity index (χ4n) is 7.16. The van der Waals surface area contributed by atoms with Crippen molar-refractivity contribution in [3.05, 3.63) is 34.4 Å². The van der Waals surface area contributed by atoms with E-state index in [4.69, 9.17) is 5.73 Å². The summed E-state index contributed by atoms with van der Waals surface area (Å²) in [6, 6.07) is 8.83. The van der Waals surface area contributed by atoms with Crippen LogP contribution in [0.2, 0.25) is 0 Å². The van der Waals surface area contributed by atoms with Crippen LogP contribution >= 0.6 is 40.7 Å². The van der Waals surface area contributed by atoms with Crippen molar-refractivity contribution in [3.63, 3.8) is 0 Å². The Bertz CT molecular complexity index is 897. The molecule has 1 aromatic heterocycles. The van der Waals surface area contributed by atoms with E-state index in [0.717, 1.165) is 12.5 Å². The standard InChI is InChI=1S/C29H44BrN3.2ClH/c30-22-11-16-29-27(19-22)28(20-33(29)25-9-5-2-6-10-25)26(21-7-3-1-4-8-21)17-18-32-24-14-12-23(31)13-15-24;;/h11,16,19-21,23-26,32H,1-10,12-15,17-18,31H2;2*1H. The lowest BCUT2D eigenvalue weighted by Gasteiger charge is -2.32. The molecular formula is C29H46BrCl2N3. The molecule has 1 atom stereocenters. The summed E-state index contributed by atoms with van der Waals surface area (Å²) in [4.78, 5) is 0. The summed E-state index contributed by atoms with van der Waals surface area (Å²) >= 11 is 3.79. The Morgan fingerprint density at radius 2 is 1.54 bits per heavy atom. The predicted molar refractivity (Wildman–Crippen MR) is 158 cm³/mol. The first kappa shape index (κ1) is 29.3. The summed E-state index contributed by atoms with van der Waals surface area (Å²) in [6.45, 7) is 1.14. The number of hydrogen-bond acceptors (Lipinski definition) is 2. The number of benzene rings is 1. The van der Waals surface area contributed by atoms with Crippen LogP contribution < -0.4 is 11.1 Å². The molecule has 2 aromatic rings. The Hall–Kier alpha value is -0.260. The van der Waals surface area contributed by atoms with Gasteiger partial charge >= 0.3 is 0 Å². The summed E-state index contributed by atoms with van der Waals surface area (Å²) in [5.41, 5.74) is 9.25. The minimum atomic E-state index is 0. The molecule has 1 unspecified atom stereocenters. The third kappa shape index (κ3) is 7.19. The smallest absolute Gasteiger partial charge is 0.0486 e. The molecule has 0 saturated heterocycles. The minimum absolute atomic E-state index is 0. The molecule has 0 amide bonds. The van der Waals surface area contributed by atoms with Crippen LogP contribution in [0.3, 0.4) is 0 Å². The second kappa shape index (κ2) is 14.0. The Morgan fingerprint density at radius 3 is 2.23 bits per heavy atom. The third-order valence-electron chi connectivity index (χ3n) is 9.07. The van der Waals surface area contributed by atoms with Crippen molar-refractivity contribution < 1.29 is 0 Å². The van der Waals surface area contributed by atoms with Crippen LogP contribution in [0, 0.1) is 5.92 Å². The SMILES string of the molecule is Cl.Cl.NC1CCC(NCCC(c2cn(C3CCCCC3)c3ccc(Br)cc23)C2CCCCC2)CC1. The summed E-state index contributed by atoms with van der Waals surface area (Å²) in [7, 11) is 0. The van der Waals surface area contributed by atoms with Crippen LogP contribution in [0.5, 0.6) is 0 Å². The molecule has 5 rings (SSSR count). The quantitative estimate of drug-likeness (QED) is 0.341. The van der Waals surface area contributed by atoms with Crippen molar-refractivity contribution in [1.82, 2.24) is 9.88 Å². The summed E-state index contributed by atoms with van der Waals surface area (Å²) in [6.07, 6.45) is 22.7. The van der Waals surface area contributed by atoms with E-state index in [1.807, 2.05) is 0 Å². The molecule has 3 aliphatic carbocycles. The van der Waals surface area contributed by atoms with E-state index in [9.17, 15) is 0 Å². The lowest BCUT2D eigenvalue weighted by atomic mass is 9.75. The van der Waals surface area contributed by atoms with Crippen molar-refractivity contribution in [2.45, 2.75) is 120 Å². The lowest BCUT2D eigenvalue weighted by molar-refractivity contribution is 0.282.